The van der Waals surface area contributed by atoms with Crippen molar-refractivity contribution in [2.24, 2.45) is 5.92 Å². The van der Waals surface area contributed by atoms with Gasteiger partial charge in [-0.25, -0.2) is 0 Å². The highest BCUT2D eigenvalue weighted by Gasteiger charge is 2.21. The SMILES string of the molecule is CCCC(C(=O)OCc1ccccc1)/C(C)=C/c1ccccc1. The lowest BCUT2D eigenvalue weighted by atomic mass is 9.94. The molecule has 0 bridgehead atoms. The largest absolute Gasteiger partial charge is 0.460 e. The monoisotopic (exact) mass is 308 g/mol. The van der Waals surface area contributed by atoms with Gasteiger partial charge in [0.25, 0.3) is 0 Å². The molecule has 2 nitrogen and oxygen atoms in total. The van der Waals surface area contributed by atoms with Gasteiger partial charge in [-0.3, -0.25) is 4.79 Å². The first-order valence-electron chi connectivity index (χ1n) is 8.14. The summed E-state index contributed by atoms with van der Waals surface area (Å²) in [6.45, 7) is 4.43. The Bertz CT molecular complexity index is 629. The summed E-state index contributed by atoms with van der Waals surface area (Å²) in [5.74, 6) is -0.315. The maximum atomic E-state index is 12.5. The number of ether oxygens (including phenoxy) is 1. The van der Waals surface area contributed by atoms with Crippen molar-refractivity contribution in [3.8, 4) is 0 Å². The first-order valence-corrected chi connectivity index (χ1v) is 8.14. The number of hydrogen-bond acceptors (Lipinski definition) is 2. The summed E-state index contributed by atoms with van der Waals surface area (Å²) in [5.41, 5.74) is 3.18. The first-order chi connectivity index (χ1) is 11.2. The van der Waals surface area contributed by atoms with Crippen molar-refractivity contribution in [1.29, 1.82) is 0 Å². The van der Waals surface area contributed by atoms with Crippen LogP contribution in [-0.2, 0) is 16.1 Å². The summed E-state index contributed by atoms with van der Waals surface area (Å²) in [7, 11) is 0. The van der Waals surface area contributed by atoms with E-state index in [0.717, 1.165) is 29.5 Å². The molecule has 0 aliphatic rings. The third kappa shape index (κ3) is 5.41. The number of benzene rings is 2. The van der Waals surface area contributed by atoms with E-state index < -0.39 is 0 Å². The summed E-state index contributed by atoms with van der Waals surface area (Å²) < 4.78 is 5.52. The van der Waals surface area contributed by atoms with Crippen LogP contribution in [0.15, 0.2) is 66.2 Å². The predicted octanol–water partition coefficient (Wildman–Crippen LogP) is 5.25. The van der Waals surface area contributed by atoms with Gasteiger partial charge in [-0.1, -0.05) is 85.7 Å². The Hall–Kier alpha value is -2.35. The van der Waals surface area contributed by atoms with Crippen molar-refractivity contribution in [3.63, 3.8) is 0 Å². The van der Waals surface area contributed by atoms with E-state index >= 15 is 0 Å². The van der Waals surface area contributed by atoms with Crippen LogP contribution in [0.25, 0.3) is 6.08 Å². The second kappa shape index (κ2) is 8.94. The molecule has 0 N–H and O–H groups in total. The number of esters is 1. The van der Waals surface area contributed by atoms with Crippen LogP contribution in [0.4, 0.5) is 0 Å². The van der Waals surface area contributed by atoms with E-state index in [-0.39, 0.29) is 11.9 Å². The van der Waals surface area contributed by atoms with Crippen LogP contribution < -0.4 is 0 Å². The highest BCUT2D eigenvalue weighted by molar-refractivity contribution is 5.77. The number of hydrogen-bond donors (Lipinski definition) is 0. The molecule has 0 aromatic heterocycles. The van der Waals surface area contributed by atoms with E-state index in [1.807, 2.05) is 67.6 Å². The second-order valence-corrected chi connectivity index (χ2v) is 5.73. The molecule has 2 aromatic carbocycles. The van der Waals surface area contributed by atoms with E-state index in [0.29, 0.717) is 6.61 Å². The molecule has 1 unspecified atom stereocenters. The smallest absolute Gasteiger partial charge is 0.313 e. The molecule has 0 radical (unpaired) electrons. The fourth-order valence-electron chi connectivity index (χ4n) is 2.56. The van der Waals surface area contributed by atoms with Gasteiger partial charge in [-0.2, -0.15) is 0 Å². The molecule has 0 saturated carbocycles. The van der Waals surface area contributed by atoms with E-state index in [9.17, 15) is 4.79 Å². The van der Waals surface area contributed by atoms with Gasteiger partial charge in [0.2, 0.25) is 0 Å². The molecule has 1 atom stereocenters. The summed E-state index contributed by atoms with van der Waals surface area (Å²) in [4.78, 5) is 12.5. The zero-order valence-electron chi connectivity index (χ0n) is 13.9. The Balaban J connectivity index is 2.04. The summed E-state index contributed by atoms with van der Waals surface area (Å²) in [6.07, 6.45) is 3.83. The molecule has 0 aliphatic carbocycles. The van der Waals surface area contributed by atoms with Gasteiger partial charge in [-0.15, -0.1) is 0 Å². The van der Waals surface area contributed by atoms with Gasteiger partial charge in [0.05, 0.1) is 5.92 Å². The Morgan fingerprint density at radius 3 is 2.26 bits per heavy atom. The Kier molecular flexibility index (Phi) is 6.61. The van der Waals surface area contributed by atoms with E-state index in [2.05, 4.69) is 13.0 Å². The lowest BCUT2D eigenvalue weighted by Gasteiger charge is -2.16. The number of rotatable bonds is 7. The van der Waals surface area contributed by atoms with Gasteiger partial charge in [0, 0.05) is 0 Å². The molecule has 0 spiro atoms. The highest BCUT2D eigenvalue weighted by atomic mass is 16.5. The predicted molar refractivity (Wildman–Crippen MR) is 94.7 cm³/mol. The van der Waals surface area contributed by atoms with E-state index in [1.54, 1.807) is 0 Å². The van der Waals surface area contributed by atoms with Crippen LogP contribution in [0.2, 0.25) is 0 Å². The van der Waals surface area contributed by atoms with Gasteiger partial charge in [0.1, 0.15) is 6.61 Å². The van der Waals surface area contributed by atoms with Crippen LogP contribution in [0.3, 0.4) is 0 Å². The maximum absolute atomic E-state index is 12.5. The van der Waals surface area contributed by atoms with Crippen molar-refractivity contribution in [1.82, 2.24) is 0 Å². The molecule has 2 rings (SSSR count). The summed E-state index contributed by atoms with van der Waals surface area (Å²) >= 11 is 0. The zero-order chi connectivity index (χ0) is 16.5. The van der Waals surface area contributed by atoms with E-state index in [1.165, 1.54) is 0 Å². The third-order valence-electron chi connectivity index (χ3n) is 3.83. The third-order valence-corrected chi connectivity index (χ3v) is 3.83. The fourth-order valence-corrected chi connectivity index (χ4v) is 2.56. The standard InChI is InChI=1S/C21H24O2/c1-3-10-20(17(2)15-18-11-6-4-7-12-18)21(22)23-16-19-13-8-5-9-14-19/h4-9,11-15,20H,3,10,16H2,1-2H3/b17-15+. The van der Waals surface area contributed by atoms with Gasteiger partial charge in [-0.05, 0) is 24.5 Å². The van der Waals surface area contributed by atoms with Crippen molar-refractivity contribution >= 4 is 12.0 Å². The molecule has 0 saturated heterocycles. The highest BCUT2D eigenvalue weighted by Crippen LogP contribution is 2.22. The van der Waals surface area contributed by atoms with Crippen molar-refractivity contribution in [2.75, 3.05) is 0 Å². The van der Waals surface area contributed by atoms with Crippen LogP contribution in [0, 0.1) is 5.92 Å². The Morgan fingerprint density at radius 2 is 1.65 bits per heavy atom. The van der Waals surface area contributed by atoms with Crippen molar-refractivity contribution in [3.05, 3.63) is 77.4 Å². The normalized spacial score (nSPS) is 12.7. The van der Waals surface area contributed by atoms with Crippen LogP contribution >= 0.6 is 0 Å². The fraction of sp³-hybridized carbons (Fsp3) is 0.286. The molecule has 2 heteroatoms. The van der Waals surface area contributed by atoms with Gasteiger partial charge < -0.3 is 4.74 Å². The molecule has 0 fully saturated rings. The molecular formula is C21H24O2. The zero-order valence-corrected chi connectivity index (χ0v) is 13.9. The molecular weight excluding hydrogens is 284 g/mol. The van der Waals surface area contributed by atoms with Crippen molar-refractivity contribution in [2.45, 2.75) is 33.3 Å². The molecule has 0 heterocycles. The maximum Gasteiger partial charge on any atom is 0.313 e. The van der Waals surface area contributed by atoms with Gasteiger partial charge >= 0.3 is 5.97 Å². The first kappa shape index (κ1) is 17.0. The molecule has 120 valence electrons. The number of carbonyl (C=O) groups is 1. The molecule has 23 heavy (non-hydrogen) atoms. The van der Waals surface area contributed by atoms with Crippen LogP contribution in [0.5, 0.6) is 0 Å². The summed E-state index contributed by atoms with van der Waals surface area (Å²) in [5, 5.41) is 0. The molecule has 0 aliphatic heterocycles. The minimum Gasteiger partial charge on any atom is -0.460 e. The Labute approximate surface area is 138 Å². The minimum absolute atomic E-state index is 0.139. The average molecular weight is 308 g/mol. The van der Waals surface area contributed by atoms with Crippen molar-refractivity contribution < 1.29 is 9.53 Å². The van der Waals surface area contributed by atoms with Crippen LogP contribution in [0.1, 0.15) is 37.8 Å². The molecule has 2 aromatic rings. The average Bonchev–Trinajstić information content (AvgIpc) is 2.59. The number of carbonyl (C=O) groups excluding carboxylic acids is 1. The molecule has 0 amide bonds. The van der Waals surface area contributed by atoms with E-state index in [4.69, 9.17) is 4.74 Å². The summed E-state index contributed by atoms with van der Waals surface area (Å²) in [6, 6.07) is 19.9. The lowest BCUT2D eigenvalue weighted by Crippen LogP contribution is -2.18. The van der Waals surface area contributed by atoms with Crippen LogP contribution in [-0.4, -0.2) is 5.97 Å². The topological polar surface area (TPSA) is 26.3 Å². The quantitative estimate of drug-likeness (QED) is 0.653. The lowest BCUT2D eigenvalue weighted by molar-refractivity contribution is -0.148. The Morgan fingerprint density at radius 1 is 1.04 bits per heavy atom. The van der Waals surface area contributed by atoms with Gasteiger partial charge in [0.15, 0.2) is 0 Å². The minimum atomic E-state index is -0.177. The second-order valence-electron chi connectivity index (χ2n) is 5.73.